The molecule has 0 aliphatic rings. The molecule has 2 atom stereocenters. The van der Waals surface area contributed by atoms with Gasteiger partial charge in [0.05, 0.1) is 0 Å². The first-order chi connectivity index (χ1) is 10.4. The fourth-order valence-electron chi connectivity index (χ4n) is 2.04. The van der Waals surface area contributed by atoms with Crippen LogP contribution in [0.1, 0.15) is 27.6 Å². The van der Waals surface area contributed by atoms with Crippen LogP contribution in [0.3, 0.4) is 0 Å². The van der Waals surface area contributed by atoms with Crippen molar-refractivity contribution < 1.29 is 19.8 Å². The molecular formula is C16H16N2O4. The summed E-state index contributed by atoms with van der Waals surface area (Å²) in [5.41, 5.74) is 11.8. The fourth-order valence-corrected chi connectivity index (χ4v) is 2.04. The molecule has 0 saturated heterocycles. The Bertz CT molecular complexity index is 701. The number of carbonyl (C=O) groups is 2. The number of hydrogen-bond donors (Lipinski definition) is 4. The Balaban J connectivity index is 2.39. The van der Waals surface area contributed by atoms with E-state index in [4.69, 9.17) is 11.5 Å². The van der Waals surface area contributed by atoms with E-state index in [2.05, 4.69) is 0 Å². The van der Waals surface area contributed by atoms with Crippen LogP contribution >= 0.6 is 0 Å². The number of benzene rings is 2. The predicted molar refractivity (Wildman–Crippen MR) is 80.9 cm³/mol. The van der Waals surface area contributed by atoms with E-state index in [9.17, 15) is 19.8 Å². The average molecular weight is 300 g/mol. The van der Waals surface area contributed by atoms with E-state index >= 15 is 0 Å². The highest BCUT2D eigenvalue weighted by molar-refractivity contribution is 6.12. The SMILES string of the molecule is NC(=O)C(O)C(O)c1ccc(N)c(C(=O)c2ccccc2)c1. The second kappa shape index (κ2) is 6.38. The Morgan fingerprint density at radius 2 is 1.64 bits per heavy atom. The summed E-state index contributed by atoms with van der Waals surface area (Å²) in [6, 6.07) is 12.7. The summed E-state index contributed by atoms with van der Waals surface area (Å²) >= 11 is 0. The van der Waals surface area contributed by atoms with Gasteiger partial charge in [-0.1, -0.05) is 36.4 Å². The van der Waals surface area contributed by atoms with Gasteiger partial charge in [-0.05, 0) is 17.7 Å². The Kier molecular flexibility index (Phi) is 4.55. The second-order valence-electron chi connectivity index (χ2n) is 4.83. The summed E-state index contributed by atoms with van der Waals surface area (Å²) in [7, 11) is 0. The van der Waals surface area contributed by atoms with Gasteiger partial charge < -0.3 is 21.7 Å². The minimum Gasteiger partial charge on any atom is -0.398 e. The molecule has 0 heterocycles. The van der Waals surface area contributed by atoms with E-state index in [1.807, 2.05) is 0 Å². The molecule has 1 amide bonds. The molecule has 6 heteroatoms. The highest BCUT2D eigenvalue weighted by atomic mass is 16.3. The van der Waals surface area contributed by atoms with Crippen LogP contribution in [0.2, 0.25) is 0 Å². The zero-order chi connectivity index (χ0) is 16.3. The molecule has 6 N–H and O–H groups in total. The van der Waals surface area contributed by atoms with Crippen molar-refractivity contribution >= 4 is 17.4 Å². The predicted octanol–water partition coefficient (Wildman–Crippen LogP) is 0.379. The third-order valence-corrected chi connectivity index (χ3v) is 3.29. The number of ketones is 1. The van der Waals surface area contributed by atoms with Gasteiger partial charge in [-0.25, -0.2) is 0 Å². The van der Waals surface area contributed by atoms with Gasteiger partial charge in [-0.15, -0.1) is 0 Å². The first-order valence-corrected chi connectivity index (χ1v) is 6.56. The van der Waals surface area contributed by atoms with Gasteiger partial charge >= 0.3 is 0 Å². The minimum atomic E-state index is -1.76. The molecule has 6 nitrogen and oxygen atoms in total. The van der Waals surface area contributed by atoms with E-state index in [1.165, 1.54) is 18.2 Å². The average Bonchev–Trinajstić information content (AvgIpc) is 2.54. The monoisotopic (exact) mass is 300 g/mol. The van der Waals surface area contributed by atoms with E-state index in [0.29, 0.717) is 5.56 Å². The smallest absolute Gasteiger partial charge is 0.249 e. The van der Waals surface area contributed by atoms with Crippen molar-refractivity contribution in [1.82, 2.24) is 0 Å². The second-order valence-corrected chi connectivity index (χ2v) is 4.83. The van der Waals surface area contributed by atoms with Gasteiger partial charge in [-0.2, -0.15) is 0 Å². The molecule has 0 aliphatic carbocycles. The van der Waals surface area contributed by atoms with Crippen LogP contribution < -0.4 is 11.5 Å². The minimum absolute atomic E-state index is 0.180. The van der Waals surface area contributed by atoms with Crippen molar-refractivity contribution in [3.05, 3.63) is 65.2 Å². The van der Waals surface area contributed by atoms with Crippen molar-refractivity contribution in [3.8, 4) is 0 Å². The van der Waals surface area contributed by atoms with Gasteiger partial charge in [0.15, 0.2) is 11.9 Å². The molecule has 0 spiro atoms. The van der Waals surface area contributed by atoms with E-state index in [1.54, 1.807) is 30.3 Å². The van der Waals surface area contributed by atoms with E-state index < -0.39 is 18.1 Å². The highest BCUT2D eigenvalue weighted by Crippen LogP contribution is 2.24. The Hall–Kier alpha value is -2.70. The molecule has 2 rings (SSSR count). The number of anilines is 1. The number of aliphatic hydroxyl groups excluding tert-OH is 2. The standard InChI is InChI=1S/C16H16N2O4/c17-12-7-6-10(14(20)15(21)16(18)22)8-11(12)13(19)9-4-2-1-3-5-9/h1-8,14-15,20-21H,17H2,(H2,18,22). The van der Waals surface area contributed by atoms with Gasteiger partial charge in [-0.3, -0.25) is 9.59 Å². The van der Waals surface area contributed by atoms with Crippen molar-refractivity contribution in [2.75, 3.05) is 5.73 Å². The summed E-state index contributed by atoms with van der Waals surface area (Å²) in [5, 5.41) is 19.4. The molecule has 2 aromatic rings. The molecule has 0 aliphatic heterocycles. The lowest BCUT2D eigenvalue weighted by Crippen LogP contribution is -2.33. The molecule has 2 aromatic carbocycles. The Labute approximate surface area is 127 Å². The summed E-state index contributed by atoms with van der Waals surface area (Å²) < 4.78 is 0. The maximum atomic E-state index is 12.4. The maximum absolute atomic E-state index is 12.4. The first kappa shape index (κ1) is 15.7. The van der Waals surface area contributed by atoms with Crippen molar-refractivity contribution in [3.63, 3.8) is 0 Å². The molecule has 114 valence electrons. The summed E-state index contributed by atoms with van der Waals surface area (Å²) in [6.07, 6.45) is -3.29. The van der Waals surface area contributed by atoms with Crippen molar-refractivity contribution in [2.45, 2.75) is 12.2 Å². The lowest BCUT2D eigenvalue weighted by Gasteiger charge is -2.16. The number of primary amides is 1. The molecule has 22 heavy (non-hydrogen) atoms. The molecule has 0 aromatic heterocycles. The number of hydrogen-bond acceptors (Lipinski definition) is 5. The van der Waals surface area contributed by atoms with Gasteiger partial charge in [0.25, 0.3) is 0 Å². The number of rotatable bonds is 5. The molecule has 0 radical (unpaired) electrons. The van der Waals surface area contributed by atoms with Crippen LogP contribution in [0.5, 0.6) is 0 Å². The summed E-state index contributed by atoms with van der Waals surface area (Å²) in [4.78, 5) is 23.4. The Morgan fingerprint density at radius 3 is 2.23 bits per heavy atom. The number of aliphatic hydroxyl groups is 2. The third kappa shape index (κ3) is 3.13. The first-order valence-electron chi connectivity index (χ1n) is 6.56. The normalized spacial score (nSPS) is 13.4. The highest BCUT2D eigenvalue weighted by Gasteiger charge is 2.24. The van der Waals surface area contributed by atoms with E-state index in [-0.39, 0.29) is 22.6 Å². The van der Waals surface area contributed by atoms with Crippen LogP contribution in [-0.4, -0.2) is 28.0 Å². The van der Waals surface area contributed by atoms with Gasteiger partial charge in [0, 0.05) is 16.8 Å². The summed E-state index contributed by atoms with van der Waals surface area (Å²) in [6.45, 7) is 0. The van der Waals surface area contributed by atoms with Gasteiger partial charge in [0.1, 0.15) is 6.10 Å². The molecular weight excluding hydrogens is 284 g/mol. The third-order valence-electron chi connectivity index (χ3n) is 3.29. The topological polar surface area (TPSA) is 127 Å². The lowest BCUT2D eigenvalue weighted by molar-refractivity contribution is -0.131. The lowest BCUT2D eigenvalue weighted by atomic mass is 9.96. The van der Waals surface area contributed by atoms with Crippen LogP contribution in [0, 0.1) is 0 Å². The number of nitrogens with two attached hydrogens (primary N) is 2. The van der Waals surface area contributed by atoms with Crippen LogP contribution in [0.25, 0.3) is 0 Å². The quantitative estimate of drug-likeness (QED) is 0.469. The van der Waals surface area contributed by atoms with Gasteiger partial charge in [0.2, 0.25) is 5.91 Å². The molecule has 0 saturated carbocycles. The maximum Gasteiger partial charge on any atom is 0.249 e. The summed E-state index contributed by atoms with van der Waals surface area (Å²) in [5.74, 6) is -1.37. The van der Waals surface area contributed by atoms with Crippen LogP contribution in [0.4, 0.5) is 5.69 Å². The van der Waals surface area contributed by atoms with Crippen LogP contribution in [0.15, 0.2) is 48.5 Å². The van der Waals surface area contributed by atoms with Crippen molar-refractivity contribution in [2.24, 2.45) is 5.73 Å². The molecule has 0 bridgehead atoms. The number of amides is 1. The Morgan fingerprint density at radius 1 is 1.00 bits per heavy atom. The van der Waals surface area contributed by atoms with Crippen LogP contribution in [-0.2, 0) is 4.79 Å². The molecule has 2 unspecified atom stereocenters. The largest absolute Gasteiger partial charge is 0.398 e. The number of nitrogen functional groups attached to an aromatic ring is 1. The zero-order valence-corrected chi connectivity index (χ0v) is 11.6. The number of carbonyl (C=O) groups excluding carboxylic acids is 2. The van der Waals surface area contributed by atoms with Crippen molar-refractivity contribution in [1.29, 1.82) is 0 Å². The zero-order valence-electron chi connectivity index (χ0n) is 11.6. The van der Waals surface area contributed by atoms with E-state index in [0.717, 1.165) is 0 Å². The fraction of sp³-hybridized carbons (Fsp3) is 0.125. The molecule has 0 fully saturated rings.